The highest BCUT2D eigenvalue weighted by atomic mass is 16.6. The Balaban J connectivity index is 1.72. The molecule has 1 N–H and O–H groups in total. The molecule has 1 aliphatic carbocycles. The summed E-state index contributed by atoms with van der Waals surface area (Å²) >= 11 is 0. The highest BCUT2D eigenvalue weighted by Crippen LogP contribution is 2.31. The molecule has 8 heteroatoms. The summed E-state index contributed by atoms with van der Waals surface area (Å²) in [6, 6.07) is 15.7. The summed E-state index contributed by atoms with van der Waals surface area (Å²) in [6.07, 6.45) is 2.64. The van der Waals surface area contributed by atoms with Crippen LogP contribution in [-0.2, 0) is 6.42 Å². The molecule has 8 nitrogen and oxygen atoms in total. The van der Waals surface area contributed by atoms with E-state index in [-0.39, 0.29) is 17.1 Å². The zero-order valence-electron chi connectivity index (χ0n) is 14.8. The average molecular weight is 376 g/mol. The number of hydrazone groups is 1. The van der Waals surface area contributed by atoms with Crippen molar-refractivity contribution >= 4 is 33.5 Å². The van der Waals surface area contributed by atoms with Crippen LogP contribution in [0.1, 0.15) is 24.0 Å². The van der Waals surface area contributed by atoms with E-state index in [0.717, 1.165) is 36.6 Å². The van der Waals surface area contributed by atoms with Crippen molar-refractivity contribution in [3.63, 3.8) is 0 Å². The number of nitro groups is 2. The van der Waals surface area contributed by atoms with Crippen molar-refractivity contribution in [2.24, 2.45) is 5.10 Å². The zero-order valence-corrected chi connectivity index (χ0v) is 14.8. The van der Waals surface area contributed by atoms with Gasteiger partial charge in [-0.25, -0.2) is 0 Å². The number of aryl methyl sites for hydroxylation is 1. The van der Waals surface area contributed by atoms with Crippen LogP contribution in [0, 0.1) is 20.2 Å². The van der Waals surface area contributed by atoms with Gasteiger partial charge >= 0.3 is 5.69 Å². The molecule has 3 aromatic rings. The first kappa shape index (κ1) is 17.6. The molecule has 1 aliphatic rings. The summed E-state index contributed by atoms with van der Waals surface area (Å²) in [5.74, 6) is 0. The standard InChI is InChI=1S/C20H16N4O4/c25-23(26)14-9-11-19(20(12-14)24(27)28)22-21-18-7-3-6-16-15-5-2-1-4-13(15)8-10-17(16)18/h1-2,4-5,8-12,22H,3,6-7H2/b21-18+. The number of non-ortho nitro benzene ring substituents is 1. The van der Waals surface area contributed by atoms with Crippen LogP contribution in [0.5, 0.6) is 0 Å². The van der Waals surface area contributed by atoms with Crippen molar-refractivity contribution in [2.45, 2.75) is 19.3 Å². The van der Waals surface area contributed by atoms with Crippen molar-refractivity contribution in [3.8, 4) is 0 Å². The minimum absolute atomic E-state index is 0.121. The molecule has 4 rings (SSSR count). The van der Waals surface area contributed by atoms with Crippen molar-refractivity contribution < 1.29 is 9.85 Å². The van der Waals surface area contributed by atoms with E-state index in [1.54, 1.807) is 0 Å². The Hall–Kier alpha value is -3.81. The van der Waals surface area contributed by atoms with Crippen molar-refractivity contribution in [1.82, 2.24) is 0 Å². The number of rotatable bonds is 4. The predicted octanol–water partition coefficient (Wildman–Crippen LogP) is 4.81. The van der Waals surface area contributed by atoms with Crippen molar-refractivity contribution in [2.75, 3.05) is 5.43 Å². The van der Waals surface area contributed by atoms with Crippen LogP contribution in [0.15, 0.2) is 59.7 Å². The molecule has 0 spiro atoms. The largest absolute Gasteiger partial charge is 0.301 e. The first-order chi connectivity index (χ1) is 13.5. The second-order valence-corrected chi connectivity index (χ2v) is 6.55. The van der Waals surface area contributed by atoms with Crippen molar-refractivity contribution in [3.05, 3.63) is 86.0 Å². The monoisotopic (exact) mass is 376 g/mol. The Bertz CT molecular complexity index is 1140. The number of hydrogen-bond acceptors (Lipinski definition) is 6. The van der Waals surface area contributed by atoms with Crippen LogP contribution in [-0.4, -0.2) is 15.6 Å². The summed E-state index contributed by atoms with van der Waals surface area (Å²) in [7, 11) is 0. The van der Waals surface area contributed by atoms with Gasteiger partial charge in [-0.2, -0.15) is 5.10 Å². The Morgan fingerprint density at radius 2 is 1.75 bits per heavy atom. The van der Waals surface area contributed by atoms with E-state index in [4.69, 9.17) is 0 Å². The number of hydrogen-bond donors (Lipinski definition) is 1. The van der Waals surface area contributed by atoms with Gasteiger partial charge in [0.2, 0.25) is 0 Å². The van der Waals surface area contributed by atoms with Gasteiger partial charge in [0.25, 0.3) is 5.69 Å². The fourth-order valence-electron chi connectivity index (χ4n) is 3.57. The molecule has 140 valence electrons. The van der Waals surface area contributed by atoms with Crippen LogP contribution in [0.2, 0.25) is 0 Å². The lowest BCUT2D eigenvalue weighted by Crippen LogP contribution is -2.14. The van der Waals surface area contributed by atoms with Gasteiger partial charge in [-0.3, -0.25) is 25.7 Å². The van der Waals surface area contributed by atoms with E-state index in [1.807, 2.05) is 24.3 Å². The van der Waals surface area contributed by atoms with E-state index in [9.17, 15) is 20.2 Å². The Kier molecular flexibility index (Phi) is 4.44. The number of nitrogens with zero attached hydrogens (tertiary/aromatic N) is 3. The summed E-state index contributed by atoms with van der Waals surface area (Å²) in [6.45, 7) is 0. The van der Waals surface area contributed by atoms with Gasteiger partial charge in [-0.1, -0.05) is 36.4 Å². The first-order valence-corrected chi connectivity index (χ1v) is 8.81. The maximum atomic E-state index is 11.3. The average Bonchev–Trinajstić information content (AvgIpc) is 2.71. The smallest absolute Gasteiger partial charge is 0.271 e. The fraction of sp³-hybridized carbons (Fsp3) is 0.150. The minimum atomic E-state index is -0.662. The Labute approximate surface area is 159 Å². The minimum Gasteiger partial charge on any atom is -0.271 e. The van der Waals surface area contributed by atoms with Crippen molar-refractivity contribution in [1.29, 1.82) is 0 Å². The van der Waals surface area contributed by atoms with E-state index in [0.29, 0.717) is 0 Å². The Morgan fingerprint density at radius 3 is 2.54 bits per heavy atom. The third kappa shape index (κ3) is 3.16. The summed E-state index contributed by atoms with van der Waals surface area (Å²) in [5.41, 5.74) is 5.22. The van der Waals surface area contributed by atoms with Gasteiger partial charge < -0.3 is 0 Å². The van der Waals surface area contributed by atoms with Gasteiger partial charge in [0.1, 0.15) is 5.69 Å². The van der Waals surface area contributed by atoms with E-state index >= 15 is 0 Å². The van der Waals surface area contributed by atoms with Crippen LogP contribution in [0.4, 0.5) is 17.1 Å². The van der Waals surface area contributed by atoms with E-state index < -0.39 is 9.85 Å². The molecule has 0 radical (unpaired) electrons. The zero-order chi connectivity index (χ0) is 19.7. The molecular formula is C20H16N4O4. The van der Waals surface area contributed by atoms with Gasteiger partial charge in [0, 0.05) is 11.6 Å². The van der Waals surface area contributed by atoms with Gasteiger partial charge in [-0.05, 0) is 41.7 Å². The third-order valence-corrected chi connectivity index (χ3v) is 4.89. The van der Waals surface area contributed by atoms with Gasteiger partial charge in [-0.15, -0.1) is 0 Å². The van der Waals surface area contributed by atoms with Crippen LogP contribution in [0.3, 0.4) is 0 Å². The second-order valence-electron chi connectivity index (χ2n) is 6.55. The summed E-state index contributed by atoms with van der Waals surface area (Å²) in [4.78, 5) is 20.8. The molecule has 0 saturated carbocycles. The topological polar surface area (TPSA) is 111 Å². The van der Waals surface area contributed by atoms with Crippen LogP contribution < -0.4 is 5.43 Å². The highest BCUT2D eigenvalue weighted by molar-refractivity contribution is 6.07. The number of anilines is 1. The quantitative estimate of drug-likeness (QED) is 0.519. The molecular weight excluding hydrogens is 360 g/mol. The molecule has 0 unspecified atom stereocenters. The molecule has 0 atom stereocenters. The molecule has 3 aromatic carbocycles. The molecule has 0 amide bonds. The molecule has 0 fully saturated rings. The maximum absolute atomic E-state index is 11.3. The Morgan fingerprint density at radius 1 is 0.929 bits per heavy atom. The summed E-state index contributed by atoms with van der Waals surface area (Å²) < 4.78 is 0. The van der Waals surface area contributed by atoms with Crippen LogP contribution in [0.25, 0.3) is 10.8 Å². The van der Waals surface area contributed by atoms with E-state index in [2.05, 4.69) is 22.7 Å². The van der Waals surface area contributed by atoms with E-state index in [1.165, 1.54) is 28.5 Å². The lowest BCUT2D eigenvalue weighted by molar-refractivity contribution is -0.393. The maximum Gasteiger partial charge on any atom is 0.301 e. The normalized spacial score (nSPS) is 14.6. The highest BCUT2D eigenvalue weighted by Gasteiger charge is 2.21. The number of fused-ring (bicyclic) bond motifs is 3. The number of nitrogens with one attached hydrogen (secondary N) is 1. The van der Waals surface area contributed by atoms with Gasteiger partial charge in [0.05, 0.1) is 21.6 Å². The molecule has 28 heavy (non-hydrogen) atoms. The lowest BCUT2D eigenvalue weighted by Gasteiger charge is -2.20. The van der Waals surface area contributed by atoms with Crippen LogP contribution >= 0.6 is 0 Å². The summed E-state index contributed by atoms with van der Waals surface area (Å²) in [5, 5.41) is 28.9. The van der Waals surface area contributed by atoms with Gasteiger partial charge in [0.15, 0.2) is 0 Å². The number of nitro benzene ring substituents is 2. The fourth-order valence-corrected chi connectivity index (χ4v) is 3.57. The lowest BCUT2D eigenvalue weighted by atomic mass is 9.86. The first-order valence-electron chi connectivity index (χ1n) is 8.81. The molecule has 0 heterocycles. The molecule has 0 aromatic heterocycles. The molecule has 0 saturated heterocycles. The molecule has 0 bridgehead atoms. The third-order valence-electron chi connectivity index (χ3n) is 4.89. The predicted molar refractivity (Wildman–Crippen MR) is 107 cm³/mol. The molecule has 0 aliphatic heterocycles. The number of benzene rings is 3. The SMILES string of the molecule is O=[N+]([O-])c1ccc(N/N=C2\CCCc3c2ccc2ccccc32)c([N+](=O)[O-])c1. The second kappa shape index (κ2) is 7.07.